The molecule has 3 rings (SSSR count). The highest BCUT2D eigenvalue weighted by Crippen LogP contribution is 2.36. The fourth-order valence-corrected chi connectivity index (χ4v) is 2.99. The highest BCUT2D eigenvalue weighted by atomic mass is 16.5. The number of carbonyl (C=O) groups is 1. The maximum Gasteiger partial charge on any atom is 0.337 e. The van der Waals surface area contributed by atoms with Gasteiger partial charge in [-0.25, -0.2) is 4.79 Å². The molecule has 0 spiro atoms. The van der Waals surface area contributed by atoms with Gasteiger partial charge >= 0.3 is 5.97 Å². The molecule has 2 aromatic rings. The fourth-order valence-electron chi connectivity index (χ4n) is 2.99. The number of benzene rings is 2. The quantitative estimate of drug-likeness (QED) is 0.641. The number of esters is 1. The lowest BCUT2D eigenvalue weighted by molar-refractivity contribution is 0.0600. The number of methoxy groups -OCH3 is 2. The second-order valence-electron chi connectivity index (χ2n) is 5.51. The number of hydrogen-bond donors (Lipinski definition) is 0. The molecule has 122 valence electrons. The predicted molar refractivity (Wildman–Crippen MR) is 94.3 cm³/mol. The first-order valence-electron chi connectivity index (χ1n) is 7.77. The Bertz CT molecular complexity index is 846. The Hall–Kier alpha value is -2.93. The Balaban J connectivity index is 2.00. The van der Waals surface area contributed by atoms with Crippen LogP contribution in [0.2, 0.25) is 0 Å². The van der Waals surface area contributed by atoms with Gasteiger partial charge in [-0.15, -0.1) is 0 Å². The number of anilines is 1. The van der Waals surface area contributed by atoms with Gasteiger partial charge in [0.1, 0.15) is 5.75 Å². The van der Waals surface area contributed by atoms with Crippen LogP contribution in [0, 0.1) is 12.0 Å². The molecule has 1 heterocycles. The summed E-state index contributed by atoms with van der Waals surface area (Å²) >= 11 is 0. The molecule has 0 saturated carbocycles. The van der Waals surface area contributed by atoms with Gasteiger partial charge < -0.3 is 14.4 Å². The molecule has 1 aliphatic heterocycles. The molecular weight excluding hydrogens is 302 g/mol. The molecule has 0 unspecified atom stereocenters. The third-order valence-electron chi connectivity index (χ3n) is 4.16. The van der Waals surface area contributed by atoms with E-state index in [2.05, 4.69) is 35.1 Å². The highest BCUT2D eigenvalue weighted by Gasteiger charge is 2.19. The molecule has 0 atom stereocenters. The van der Waals surface area contributed by atoms with Gasteiger partial charge in [0.05, 0.1) is 25.5 Å². The van der Waals surface area contributed by atoms with E-state index in [0.717, 1.165) is 24.1 Å². The zero-order valence-corrected chi connectivity index (χ0v) is 14.1. The van der Waals surface area contributed by atoms with E-state index in [0.29, 0.717) is 11.3 Å². The third-order valence-corrected chi connectivity index (χ3v) is 4.16. The van der Waals surface area contributed by atoms with E-state index in [1.807, 2.05) is 13.0 Å². The first kappa shape index (κ1) is 15.9. The van der Waals surface area contributed by atoms with Gasteiger partial charge in [-0.05, 0) is 54.8 Å². The molecule has 0 amide bonds. The fraction of sp³-hybridized carbons (Fsp3) is 0.250. The summed E-state index contributed by atoms with van der Waals surface area (Å²) in [7, 11) is 2.97. The summed E-state index contributed by atoms with van der Waals surface area (Å²) in [5.41, 5.74) is 4.93. The van der Waals surface area contributed by atoms with Crippen molar-refractivity contribution < 1.29 is 14.3 Å². The Morgan fingerprint density at radius 1 is 1.17 bits per heavy atom. The van der Waals surface area contributed by atoms with E-state index < -0.39 is 0 Å². The van der Waals surface area contributed by atoms with Crippen molar-refractivity contribution in [2.24, 2.45) is 0 Å². The summed E-state index contributed by atoms with van der Waals surface area (Å²) in [5, 5.41) is 0. The summed E-state index contributed by atoms with van der Waals surface area (Å²) in [4.78, 5) is 13.8. The smallest absolute Gasteiger partial charge is 0.337 e. The lowest BCUT2D eigenvalue weighted by atomic mass is 9.99. The summed E-state index contributed by atoms with van der Waals surface area (Å²) < 4.78 is 10.2. The van der Waals surface area contributed by atoms with Gasteiger partial charge in [-0.3, -0.25) is 0 Å². The zero-order chi connectivity index (χ0) is 17.1. The minimum Gasteiger partial charge on any atom is -0.496 e. The van der Waals surface area contributed by atoms with Crippen molar-refractivity contribution in [2.75, 3.05) is 25.7 Å². The second kappa shape index (κ2) is 6.67. The van der Waals surface area contributed by atoms with Gasteiger partial charge in [-0.1, -0.05) is 12.0 Å². The van der Waals surface area contributed by atoms with E-state index in [9.17, 15) is 4.79 Å². The van der Waals surface area contributed by atoms with Crippen LogP contribution in [0.15, 0.2) is 36.4 Å². The Morgan fingerprint density at radius 2 is 2.00 bits per heavy atom. The predicted octanol–water partition coefficient (Wildman–Crippen LogP) is 3.49. The van der Waals surface area contributed by atoms with Gasteiger partial charge in [0.25, 0.3) is 0 Å². The zero-order valence-electron chi connectivity index (χ0n) is 14.1. The number of carbonyl (C=O) groups excluding carboxylic acids is 1. The number of rotatable bonds is 3. The molecule has 1 aliphatic rings. The van der Waals surface area contributed by atoms with Crippen LogP contribution in [0.1, 0.15) is 22.8 Å². The third kappa shape index (κ3) is 2.81. The molecule has 0 radical (unpaired) electrons. The van der Waals surface area contributed by atoms with E-state index in [-0.39, 0.29) is 5.97 Å². The maximum atomic E-state index is 11.7. The van der Waals surface area contributed by atoms with Crippen LogP contribution in [-0.4, -0.2) is 26.7 Å². The second-order valence-corrected chi connectivity index (χ2v) is 5.51. The summed E-state index contributed by atoms with van der Waals surface area (Å²) in [6.45, 7) is 2.76. The standard InChI is InChI=1S/C20H19NO3/c1-4-10-21-11-9-15-12-14(6-8-18(15)21)17-7-5-16(20(22)24-3)13-19(17)23-2/h5-8,12-13H,9,11H2,1-3H3. The van der Waals surface area contributed by atoms with Crippen LogP contribution >= 0.6 is 0 Å². The largest absolute Gasteiger partial charge is 0.496 e. The molecular formula is C20H19NO3. The van der Waals surface area contributed by atoms with Crippen molar-refractivity contribution in [2.45, 2.75) is 13.3 Å². The molecule has 0 aliphatic carbocycles. The molecule has 0 fully saturated rings. The minimum atomic E-state index is -0.373. The van der Waals surface area contributed by atoms with Gasteiger partial charge in [-0.2, -0.15) is 0 Å². The Morgan fingerprint density at radius 3 is 2.71 bits per heavy atom. The molecule has 4 heteroatoms. The lowest BCUT2D eigenvalue weighted by Gasteiger charge is -2.13. The van der Waals surface area contributed by atoms with Crippen molar-refractivity contribution in [3.05, 3.63) is 47.5 Å². The first-order chi connectivity index (χ1) is 11.7. The van der Waals surface area contributed by atoms with Crippen LogP contribution in [0.25, 0.3) is 11.1 Å². The van der Waals surface area contributed by atoms with Crippen molar-refractivity contribution in [3.63, 3.8) is 0 Å². The summed E-state index contributed by atoms with van der Waals surface area (Å²) in [6, 6.07) is 14.8. The van der Waals surface area contributed by atoms with Crippen molar-refractivity contribution >= 4 is 11.7 Å². The van der Waals surface area contributed by atoms with Crippen molar-refractivity contribution in [1.82, 2.24) is 0 Å². The first-order valence-corrected chi connectivity index (χ1v) is 7.77. The van der Waals surface area contributed by atoms with E-state index in [4.69, 9.17) is 9.47 Å². The van der Waals surface area contributed by atoms with E-state index >= 15 is 0 Å². The van der Waals surface area contributed by atoms with Crippen molar-refractivity contribution in [3.8, 4) is 28.8 Å². The normalized spacial score (nSPS) is 12.2. The highest BCUT2D eigenvalue weighted by molar-refractivity contribution is 5.91. The number of fused-ring (bicyclic) bond motifs is 1. The Kier molecular flexibility index (Phi) is 4.43. The summed E-state index contributed by atoms with van der Waals surface area (Å²) in [6.07, 6.45) is 0.973. The number of ether oxygens (including phenoxy) is 2. The molecule has 4 nitrogen and oxygen atoms in total. The average molecular weight is 321 g/mol. The number of hydrogen-bond acceptors (Lipinski definition) is 4. The van der Waals surface area contributed by atoms with E-state index in [1.165, 1.54) is 18.4 Å². The Labute approximate surface area is 142 Å². The van der Waals surface area contributed by atoms with Crippen LogP contribution in [0.4, 0.5) is 5.69 Å². The van der Waals surface area contributed by atoms with E-state index in [1.54, 1.807) is 19.2 Å². The SMILES string of the molecule is CC#CN1CCc2cc(-c3ccc(C(=O)OC)cc3OC)ccc21. The molecule has 0 aromatic heterocycles. The molecule has 24 heavy (non-hydrogen) atoms. The van der Waals surface area contributed by atoms with Gasteiger partial charge in [0, 0.05) is 18.2 Å². The van der Waals surface area contributed by atoms with Crippen LogP contribution < -0.4 is 9.64 Å². The molecule has 0 bridgehead atoms. The molecule has 0 N–H and O–H groups in total. The van der Waals surface area contributed by atoms with Crippen molar-refractivity contribution in [1.29, 1.82) is 0 Å². The topological polar surface area (TPSA) is 38.8 Å². The maximum absolute atomic E-state index is 11.7. The minimum absolute atomic E-state index is 0.373. The lowest BCUT2D eigenvalue weighted by Crippen LogP contribution is -2.12. The average Bonchev–Trinajstić information content (AvgIpc) is 3.03. The number of nitrogens with zero attached hydrogens (tertiary/aromatic N) is 1. The van der Waals surface area contributed by atoms with Gasteiger partial charge in [0.15, 0.2) is 0 Å². The van der Waals surface area contributed by atoms with Crippen LogP contribution in [0.5, 0.6) is 5.75 Å². The van der Waals surface area contributed by atoms with Crippen LogP contribution in [0.3, 0.4) is 0 Å². The monoisotopic (exact) mass is 321 g/mol. The molecule has 2 aromatic carbocycles. The van der Waals surface area contributed by atoms with Gasteiger partial charge in [0.2, 0.25) is 0 Å². The summed E-state index contributed by atoms with van der Waals surface area (Å²) in [5.74, 6) is 3.23. The van der Waals surface area contributed by atoms with Crippen LogP contribution in [-0.2, 0) is 11.2 Å². The molecule has 0 saturated heterocycles.